The van der Waals surface area contributed by atoms with Crippen molar-refractivity contribution in [3.05, 3.63) is 90.5 Å². The fourth-order valence-electron chi connectivity index (χ4n) is 2.90. The minimum Gasteiger partial charge on any atom is -0.230 e. The Kier molecular flexibility index (Phi) is 4.68. The van der Waals surface area contributed by atoms with Crippen molar-refractivity contribution in [1.82, 2.24) is 0 Å². The van der Waals surface area contributed by atoms with E-state index in [0.29, 0.717) is 0 Å². The molecular weight excluding hydrogens is 342 g/mol. The van der Waals surface area contributed by atoms with Gasteiger partial charge in [-0.2, -0.15) is 0 Å². The number of hydrogen-bond donors (Lipinski definition) is 0. The zero-order valence-electron chi connectivity index (χ0n) is 13.8. The Balaban J connectivity index is 1.94. The molecule has 0 aliphatic rings. The van der Waals surface area contributed by atoms with Crippen molar-refractivity contribution in [2.45, 2.75) is 0 Å². The van der Waals surface area contributed by atoms with Crippen LogP contribution < -0.4 is 0 Å². The van der Waals surface area contributed by atoms with Crippen molar-refractivity contribution in [3.63, 3.8) is 0 Å². The fraction of sp³-hybridized carbons (Fsp3) is 0.0455. The van der Waals surface area contributed by atoms with Crippen molar-refractivity contribution in [2.75, 3.05) is 6.26 Å². The van der Waals surface area contributed by atoms with E-state index in [1.54, 1.807) is 23.1 Å². The van der Waals surface area contributed by atoms with Gasteiger partial charge < -0.3 is 0 Å². The Labute approximate surface area is 156 Å². The Morgan fingerprint density at radius 1 is 0.800 bits per heavy atom. The second kappa shape index (κ2) is 7.26. The minimum atomic E-state index is 1.05. The van der Waals surface area contributed by atoms with Gasteiger partial charge >= 0.3 is 0 Å². The summed E-state index contributed by atoms with van der Waals surface area (Å²) in [6, 6.07) is 29.5. The summed E-state index contributed by atoms with van der Waals surface area (Å²) < 4.78 is 1.27. The molecule has 1 aromatic heterocycles. The molecule has 3 heteroatoms. The first-order chi connectivity index (χ1) is 12.4. The molecule has 0 amide bonds. The summed E-state index contributed by atoms with van der Waals surface area (Å²) in [5.74, 6) is 0. The number of rotatable bonds is 3. The topological polar surface area (TPSA) is 12.4 Å². The first-order valence-electron chi connectivity index (χ1n) is 8.12. The Morgan fingerprint density at radius 3 is 2.16 bits per heavy atom. The lowest BCUT2D eigenvalue weighted by Crippen LogP contribution is -1.93. The predicted molar refractivity (Wildman–Crippen MR) is 113 cm³/mol. The number of fused-ring (bicyclic) bond motifs is 1. The largest absolute Gasteiger partial charge is 0.230 e. The van der Waals surface area contributed by atoms with Crippen LogP contribution in [0.2, 0.25) is 0 Å². The molecule has 4 rings (SSSR count). The van der Waals surface area contributed by atoms with Crippen LogP contribution in [0.4, 0.5) is 5.00 Å². The molecule has 0 bridgehead atoms. The molecule has 0 spiro atoms. The van der Waals surface area contributed by atoms with Crippen molar-refractivity contribution in [3.8, 4) is 11.1 Å². The van der Waals surface area contributed by atoms with Crippen LogP contribution >= 0.6 is 23.1 Å². The third-order valence-electron chi connectivity index (χ3n) is 4.06. The van der Waals surface area contributed by atoms with E-state index in [1.807, 2.05) is 6.07 Å². The van der Waals surface area contributed by atoms with Crippen molar-refractivity contribution < 1.29 is 0 Å². The SMILES string of the molecule is CS/C(=N\c1sc2ccccc2c1-c1ccccc1)c1ccccc1. The van der Waals surface area contributed by atoms with E-state index in [9.17, 15) is 0 Å². The molecule has 0 saturated heterocycles. The van der Waals surface area contributed by atoms with E-state index in [2.05, 4.69) is 85.1 Å². The fourth-order valence-corrected chi connectivity index (χ4v) is 4.61. The van der Waals surface area contributed by atoms with Crippen LogP contribution in [0.1, 0.15) is 5.56 Å². The second-order valence-electron chi connectivity index (χ2n) is 5.63. The molecule has 3 aromatic carbocycles. The average Bonchev–Trinajstić information content (AvgIpc) is 3.05. The van der Waals surface area contributed by atoms with Gasteiger partial charge in [0.15, 0.2) is 0 Å². The number of thiophene rings is 1. The summed E-state index contributed by atoms with van der Waals surface area (Å²) in [7, 11) is 0. The number of hydrogen-bond acceptors (Lipinski definition) is 3. The Bertz CT molecular complexity index is 1020. The highest BCUT2D eigenvalue weighted by Gasteiger charge is 2.14. The maximum Gasteiger partial charge on any atom is 0.126 e. The molecule has 0 fully saturated rings. The van der Waals surface area contributed by atoms with Crippen LogP contribution in [0.5, 0.6) is 0 Å². The zero-order chi connectivity index (χ0) is 17.1. The van der Waals surface area contributed by atoms with Gasteiger partial charge in [-0.3, -0.25) is 0 Å². The summed E-state index contributed by atoms with van der Waals surface area (Å²) >= 11 is 3.44. The Morgan fingerprint density at radius 2 is 1.44 bits per heavy atom. The highest BCUT2D eigenvalue weighted by atomic mass is 32.2. The lowest BCUT2D eigenvalue weighted by molar-refractivity contribution is 1.59. The molecule has 4 aromatic rings. The van der Waals surface area contributed by atoms with Crippen LogP contribution in [0.3, 0.4) is 0 Å². The van der Waals surface area contributed by atoms with Gasteiger partial charge in [-0.15, -0.1) is 23.1 Å². The van der Waals surface area contributed by atoms with Crippen molar-refractivity contribution in [2.24, 2.45) is 4.99 Å². The molecule has 0 saturated carbocycles. The molecule has 0 unspecified atom stereocenters. The summed E-state index contributed by atoms with van der Waals surface area (Å²) in [6.07, 6.45) is 2.08. The van der Waals surface area contributed by atoms with E-state index in [0.717, 1.165) is 15.6 Å². The average molecular weight is 360 g/mol. The summed E-state index contributed by atoms with van der Waals surface area (Å²) in [5.41, 5.74) is 3.60. The van der Waals surface area contributed by atoms with Gasteiger partial charge in [0, 0.05) is 21.2 Å². The smallest absolute Gasteiger partial charge is 0.126 e. The molecule has 1 heterocycles. The first-order valence-corrected chi connectivity index (χ1v) is 10.2. The van der Waals surface area contributed by atoms with Gasteiger partial charge in [0.05, 0.1) is 0 Å². The molecule has 25 heavy (non-hydrogen) atoms. The van der Waals surface area contributed by atoms with Gasteiger partial charge in [0.1, 0.15) is 10.0 Å². The number of thioether (sulfide) groups is 1. The zero-order valence-corrected chi connectivity index (χ0v) is 15.5. The normalized spacial score (nSPS) is 11.8. The van der Waals surface area contributed by atoms with Crippen LogP contribution in [0, 0.1) is 0 Å². The van der Waals surface area contributed by atoms with Crippen LogP contribution in [0.25, 0.3) is 21.2 Å². The van der Waals surface area contributed by atoms with E-state index in [4.69, 9.17) is 4.99 Å². The number of benzene rings is 3. The van der Waals surface area contributed by atoms with Crippen LogP contribution in [-0.2, 0) is 0 Å². The summed E-state index contributed by atoms with van der Waals surface area (Å²) in [5, 5.41) is 3.39. The molecule has 0 atom stereocenters. The van der Waals surface area contributed by atoms with E-state index in [-0.39, 0.29) is 0 Å². The highest BCUT2D eigenvalue weighted by Crippen LogP contribution is 2.44. The monoisotopic (exact) mass is 359 g/mol. The van der Waals surface area contributed by atoms with Crippen LogP contribution in [0.15, 0.2) is 89.9 Å². The van der Waals surface area contributed by atoms with Gasteiger partial charge in [0.25, 0.3) is 0 Å². The lowest BCUT2D eigenvalue weighted by atomic mass is 10.0. The lowest BCUT2D eigenvalue weighted by Gasteiger charge is -2.05. The summed E-state index contributed by atoms with van der Waals surface area (Å²) in [4.78, 5) is 5.06. The molecule has 122 valence electrons. The molecule has 0 N–H and O–H groups in total. The highest BCUT2D eigenvalue weighted by molar-refractivity contribution is 8.13. The van der Waals surface area contributed by atoms with Crippen molar-refractivity contribution >= 4 is 43.2 Å². The Hall–Kier alpha value is -2.36. The second-order valence-corrected chi connectivity index (χ2v) is 7.46. The van der Waals surface area contributed by atoms with E-state index >= 15 is 0 Å². The van der Waals surface area contributed by atoms with Gasteiger partial charge in [-0.1, -0.05) is 78.9 Å². The minimum absolute atomic E-state index is 1.05. The standard InChI is InChI=1S/C22H17NS2/c1-24-21(17-12-6-3-7-13-17)23-22-20(16-10-4-2-5-11-16)18-14-8-9-15-19(18)25-22/h2-15H,1H3/b23-21-. The van der Waals surface area contributed by atoms with E-state index in [1.165, 1.54) is 21.2 Å². The maximum absolute atomic E-state index is 5.06. The quantitative estimate of drug-likeness (QED) is 0.283. The molecule has 0 aliphatic heterocycles. The molecule has 0 radical (unpaired) electrons. The third-order valence-corrected chi connectivity index (χ3v) is 5.83. The summed E-state index contributed by atoms with van der Waals surface area (Å²) in [6.45, 7) is 0. The molecule has 0 aliphatic carbocycles. The number of nitrogens with zero attached hydrogens (tertiary/aromatic N) is 1. The molecule has 1 nitrogen and oxygen atoms in total. The van der Waals surface area contributed by atoms with Crippen molar-refractivity contribution in [1.29, 1.82) is 0 Å². The predicted octanol–water partition coefficient (Wildman–Crippen LogP) is 7.01. The maximum atomic E-state index is 5.06. The number of aliphatic imine (C=N–C) groups is 1. The van der Waals surface area contributed by atoms with Gasteiger partial charge in [0.2, 0.25) is 0 Å². The van der Waals surface area contributed by atoms with E-state index < -0.39 is 0 Å². The first kappa shape index (κ1) is 16.1. The third kappa shape index (κ3) is 3.26. The van der Waals surface area contributed by atoms with Crippen LogP contribution in [-0.4, -0.2) is 11.3 Å². The molecular formula is C22H17NS2. The van der Waals surface area contributed by atoms with Gasteiger partial charge in [-0.05, 0) is 17.9 Å². The van der Waals surface area contributed by atoms with Gasteiger partial charge in [-0.25, -0.2) is 4.99 Å².